The molecule has 0 amide bonds. The van der Waals surface area contributed by atoms with Crippen molar-refractivity contribution in [2.75, 3.05) is 46.8 Å². The van der Waals surface area contributed by atoms with Gasteiger partial charge in [-0.3, -0.25) is 28.8 Å². The van der Waals surface area contributed by atoms with Crippen molar-refractivity contribution >= 4 is 73.3 Å². The summed E-state index contributed by atoms with van der Waals surface area (Å²) in [7, 11) is 2.78. The normalized spacial score (nSPS) is 11.9. The average Bonchev–Trinajstić information content (AvgIpc) is 3.42. The van der Waals surface area contributed by atoms with Crippen LogP contribution in [0.1, 0.15) is 74.9 Å². The number of benzene rings is 2. The summed E-state index contributed by atoms with van der Waals surface area (Å²) < 4.78 is 39.9. The predicted molar refractivity (Wildman–Crippen MR) is 287 cm³/mol. The second kappa shape index (κ2) is 41.3. The van der Waals surface area contributed by atoms with E-state index < -0.39 is 47.7 Å². The standard InChI is InChI=1S/C50H57O14P.C4H6O2.C3H4O/c1-8-37(13-12-34-65-48(55)29-28-46(53)61-33-32-59-44(51)11-4)39-17-19-41(20-18-39)50(57)64-42(10-3)23-15-36(6)62-49(56)35(5)14-16-38(9-2)40-21-24-43(25-22-40)63-47(54)27-26-45(52)60-31-30-58-7;1-3-4(5)6-2;1-2-3-4/h8-25,35,65H,3-4,26-34H2,1-2,5-7H3;3H,1H2,2H3;2-3H,1H2/b13-12-,16-14-,36-15+,37-8+,38-9+,42-23+;;. The van der Waals surface area contributed by atoms with E-state index in [1.54, 1.807) is 74.5 Å². The maximum absolute atomic E-state index is 13.0. The molecule has 402 valence electrons. The Labute approximate surface area is 440 Å². The molecule has 0 aromatic heterocycles. The molecule has 0 radical (unpaired) electrons. The molecule has 17 nitrogen and oxygen atoms in total. The van der Waals surface area contributed by atoms with Crippen molar-refractivity contribution in [1.82, 2.24) is 0 Å². The molecule has 2 rings (SSSR count). The second-order valence-electron chi connectivity index (χ2n) is 14.7. The molecule has 0 saturated heterocycles. The van der Waals surface area contributed by atoms with Crippen LogP contribution in [0.15, 0.2) is 159 Å². The second-order valence-corrected chi connectivity index (χ2v) is 16.0. The monoisotopic (exact) mass is 1050 g/mol. The van der Waals surface area contributed by atoms with Gasteiger partial charge in [0.05, 0.1) is 44.5 Å². The minimum Gasteiger partial charge on any atom is -0.466 e. The molecule has 2 unspecified atom stereocenters. The first-order valence-corrected chi connectivity index (χ1v) is 24.3. The number of allylic oxidation sites excluding steroid dienone is 12. The predicted octanol–water partition coefficient (Wildman–Crippen LogP) is 9.47. The summed E-state index contributed by atoms with van der Waals surface area (Å²) in [5, 5.41) is 0. The maximum atomic E-state index is 13.0. The number of hydrogen-bond donors (Lipinski definition) is 0. The number of carbonyl (C=O) groups excluding carboxylic acids is 9. The Kier molecular flexibility index (Phi) is 36.9. The summed E-state index contributed by atoms with van der Waals surface area (Å²) in [4.78, 5) is 104. The maximum Gasteiger partial charge on any atom is 0.343 e. The Hall–Kier alpha value is -8.14. The van der Waals surface area contributed by atoms with Crippen molar-refractivity contribution in [1.29, 1.82) is 0 Å². The molecular formula is C57H67O17P. The Morgan fingerprint density at radius 1 is 0.627 bits per heavy atom. The molecule has 0 fully saturated rings. The van der Waals surface area contributed by atoms with Crippen LogP contribution in [-0.2, 0) is 71.5 Å². The van der Waals surface area contributed by atoms with Gasteiger partial charge in [0.25, 0.3) is 0 Å². The summed E-state index contributed by atoms with van der Waals surface area (Å²) in [6.45, 7) is 20.5. The van der Waals surface area contributed by atoms with Crippen LogP contribution < -0.4 is 4.74 Å². The zero-order valence-corrected chi connectivity index (χ0v) is 44.3. The van der Waals surface area contributed by atoms with Gasteiger partial charge < -0.3 is 37.9 Å². The van der Waals surface area contributed by atoms with Gasteiger partial charge in [-0.25, -0.2) is 14.4 Å². The van der Waals surface area contributed by atoms with E-state index in [1.165, 1.54) is 38.5 Å². The van der Waals surface area contributed by atoms with Crippen LogP contribution in [-0.4, -0.2) is 100 Å². The first-order chi connectivity index (χ1) is 35.9. The van der Waals surface area contributed by atoms with E-state index >= 15 is 0 Å². The number of esters is 7. The van der Waals surface area contributed by atoms with Gasteiger partial charge in [-0.1, -0.05) is 87.0 Å². The molecule has 2 aromatic carbocycles. The van der Waals surface area contributed by atoms with Crippen LogP contribution in [0.3, 0.4) is 0 Å². The molecule has 2 atom stereocenters. The number of ether oxygens (including phenoxy) is 8. The van der Waals surface area contributed by atoms with Crippen LogP contribution in [0.5, 0.6) is 5.75 Å². The highest BCUT2D eigenvalue weighted by Crippen LogP contribution is 2.23. The number of aldehydes is 1. The van der Waals surface area contributed by atoms with E-state index in [0.717, 1.165) is 34.4 Å². The van der Waals surface area contributed by atoms with Crippen LogP contribution in [0.2, 0.25) is 0 Å². The van der Waals surface area contributed by atoms with Crippen LogP contribution in [0.25, 0.3) is 11.1 Å². The third-order valence-electron chi connectivity index (χ3n) is 9.16. The molecule has 0 N–H and O–H groups in total. The molecule has 0 aliphatic heterocycles. The van der Waals surface area contributed by atoms with Crippen molar-refractivity contribution in [3.8, 4) is 5.75 Å². The lowest BCUT2D eigenvalue weighted by molar-refractivity contribution is -0.150. The van der Waals surface area contributed by atoms with Crippen LogP contribution in [0.4, 0.5) is 0 Å². The topological polar surface area (TPSA) is 227 Å². The Bertz CT molecular complexity index is 2430. The molecule has 18 heteroatoms. The summed E-state index contributed by atoms with van der Waals surface area (Å²) in [6.07, 6.45) is 19.5. The number of methoxy groups -OCH3 is 2. The minimum atomic E-state index is -0.620. The average molecular weight is 1060 g/mol. The van der Waals surface area contributed by atoms with Crippen molar-refractivity contribution in [3.63, 3.8) is 0 Å². The SMILES string of the molecule is C=CC(=O)OC.C=CC(=O)OCCOC(=O)CCC(=O)PC/C=C\C(=C/C)c1ccc(C(=O)O/C(C=C)=C/C=C(\C)OC(=O)C(C)/C=C\C(=C/C)c2ccc(OC(=O)CCC(=O)OCCOC)cc2)cc1.C=CC=O. The van der Waals surface area contributed by atoms with Crippen molar-refractivity contribution in [2.24, 2.45) is 5.92 Å². The molecule has 0 saturated carbocycles. The van der Waals surface area contributed by atoms with Crippen molar-refractivity contribution < 1.29 is 81.0 Å². The molecule has 0 aliphatic carbocycles. The van der Waals surface area contributed by atoms with Gasteiger partial charge in [-0.15, -0.1) is 0 Å². The van der Waals surface area contributed by atoms with Gasteiger partial charge in [0.2, 0.25) is 0 Å². The highest BCUT2D eigenvalue weighted by Gasteiger charge is 2.15. The molecule has 75 heavy (non-hydrogen) atoms. The molecule has 0 bridgehead atoms. The fourth-order valence-corrected chi connectivity index (χ4v) is 5.99. The van der Waals surface area contributed by atoms with Gasteiger partial charge in [0, 0.05) is 25.7 Å². The summed E-state index contributed by atoms with van der Waals surface area (Å²) in [5.41, 5.74) is 3.56. The highest BCUT2D eigenvalue weighted by molar-refractivity contribution is 7.58. The van der Waals surface area contributed by atoms with E-state index in [0.29, 0.717) is 23.8 Å². The molecular weight excluding hydrogens is 988 g/mol. The van der Waals surface area contributed by atoms with Gasteiger partial charge in [0.15, 0.2) is 5.52 Å². The van der Waals surface area contributed by atoms with Gasteiger partial charge in [0.1, 0.15) is 43.4 Å². The first-order valence-electron chi connectivity index (χ1n) is 23.1. The molecule has 0 aliphatic rings. The largest absolute Gasteiger partial charge is 0.466 e. The third-order valence-corrected chi connectivity index (χ3v) is 10.2. The number of carbonyl (C=O) groups is 9. The Morgan fingerprint density at radius 2 is 1.15 bits per heavy atom. The van der Waals surface area contributed by atoms with Crippen LogP contribution in [0, 0.1) is 5.92 Å². The highest BCUT2D eigenvalue weighted by atomic mass is 31.1. The first kappa shape index (κ1) is 66.9. The zero-order chi connectivity index (χ0) is 56.4. The van der Waals surface area contributed by atoms with E-state index in [4.69, 9.17) is 38.0 Å². The zero-order valence-electron chi connectivity index (χ0n) is 43.3. The lowest BCUT2D eigenvalue weighted by atomic mass is 10.0. The fourth-order valence-electron chi connectivity index (χ4n) is 5.23. The minimum absolute atomic E-state index is 0.0263. The van der Waals surface area contributed by atoms with Gasteiger partial charge >= 0.3 is 41.8 Å². The van der Waals surface area contributed by atoms with E-state index in [2.05, 4.69) is 31.1 Å². The Morgan fingerprint density at radius 3 is 1.67 bits per heavy atom. The van der Waals surface area contributed by atoms with E-state index in [-0.39, 0.29) is 77.7 Å². The van der Waals surface area contributed by atoms with Crippen molar-refractivity contribution in [3.05, 3.63) is 176 Å². The molecule has 2 aromatic rings. The molecule has 0 spiro atoms. The van der Waals surface area contributed by atoms with Crippen LogP contribution >= 0.6 is 8.58 Å². The summed E-state index contributed by atoms with van der Waals surface area (Å²) in [5.74, 6) is -3.67. The number of hydrogen-bond acceptors (Lipinski definition) is 17. The van der Waals surface area contributed by atoms with Gasteiger partial charge in [-0.2, -0.15) is 0 Å². The quantitative estimate of drug-likeness (QED) is 0.00816. The summed E-state index contributed by atoms with van der Waals surface area (Å²) >= 11 is 0. The third kappa shape index (κ3) is 31.8. The van der Waals surface area contributed by atoms with Gasteiger partial charge in [-0.05, 0) is 113 Å². The lowest BCUT2D eigenvalue weighted by Crippen LogP contribution is -2.14. The summed E-state index contributed by atoms with van der Waals surface area (Å²) in [6, 6.07) is 13.6. The Balaban J connectivity index is 0.00000497. The van der Waals surface area contributed by atoms with E-state index in [9.17, 15) is 38.4 Å². The smallest absolute Gasteiger partial charge is 0.343 e. The fraction of sp³-hybridized carbons (Fsp3) is 0.281. The lowest BCUT2D eigenvalue weighted by Gasteiger charge is -2.09. The number of rotatable bonds is 30. The molecule has 0 heterocycles. The van der Waals surface area contributed by atoms with Crippen molar-refractivity contribution in [2.45, 2.75) is 53.4 Å². The van der Waals surface area contributed by atoms with E-state index in [1.807, 2.05) is 38.2 Å².